The summed E-state index contributed by atoms with van der Waals surface area (Å²) >= 11 is 0. The van der Waals surface area contributed by atoms with Gasteiger partial charge < -0.3 is 10.6 Å². The van der Waals surface area contributed by atoms with Gasteiger partial charge >= 0.3 is 0 Å². The maximum absolute atomic E-state index is 13.7. The van der Waals surface area contributed by atoms with Gasteiger partial charge in [-0.05, 0) is 31.9 Å². The molecule has 0 spiro atoms. The van der Waals surface area contributed by atoms with Crippen LogP contribution in [0.3, 0.4) is 0 Å². The smallest absolute Gasteiger partial charge is 0.146 e. The number of nitrogens with zero attached hydrogens (tertiary/aromatic N) is 1. The highest BCUT2D eigenvalue weighted by atomic mass is 19.1. The second-order valence-corrected chi connectivity index (χ2v) is 5.04. The van der Waals surface area contributed by atoms with Gasteiger partial charge in [0.15, 0.2) is 0 Å². The lowest BCUT2D eigenvalue weighted by atomic mass is 9.98. The quantitative estimate of drug-likeness (QED) is 0.871. The number of likely N-dealkylation sites (N-methyl/N-ethyl adjacent to an activating group) is 1. The third kappa shape index (κ3) is 2.78. The lowest BCUT2D eigenvalue weighted by molar-refractivity contribution is 0.433. The fraction of sp³-hybridized carbons (Fsp3) is 0.571. The topological polar surface area (TPSA) is 29.3 Å². The molecule has 0 heterocycles. The zero-order valence-electron chi connectivity index (χ0n) is 10.5. The van der Waals surface area contributed by atoms with Crippen molar-refractivity contribution < 1.29 is 4.39 Å². The lowest BCUT2D eigenvalue weighted by Crippen LogP contribution is -2.48. The summed E-state index contributed by atoms with van der Waals surface area (Å²) in [5.74, 6) is -0.157. The first-order valence-electron chi connectivity index (χ1n) is 6.43. The van der Waals surface area contributed by atoms with E-state index in [4.69, 9.17) is 5.73 Å². The van der Waals surface area contributed by atoms with Crippen molar-refractivity contribution in [1.29, 1.82) is 0 Å². The normalized spacial score (nSPS) is 18.3. The summed E-state index contributed by atoms with van der Waals surface area (Å²) in [5, 5.41) is 0. The minimum atomic E-state index is -0.157. The fourth-order valence-electron chi connectivity index (χ4n) is 2.69. The second-order valence-electron chi connectivity index (χ2n) is 5.04. The van der Waals surface area contributed by atoms with Crippen LogP contribution in [0.2, 0.25) is 0 Å². The van der Waals surface area contributed by atoms with Gasteiger partial charge in [-0.15, -0.1) is 0 Å². The lowest BCUT2D eigenvalue weighted by Gasteiger charge is -2.33. The minimum Gasteiger partial charge on any atom is -0.368 e. The van der Waals surface area contributed by atoms with Gasteiger partial charge in [-0.25, -0.2) is 4.39 Å². The Morgan fingerprint density at radius 1 is 1.29 bits per heavy atom. The molecule has 1 fully saturated rings. The van der Waals surface area contributed by atoms with Gasteiger partial charge in [0, 0.05) is 18.6 Å². The molecule has 1 aromatic rings. The molecule has 3 heteroatoms. The molecule has 1 aliphatic carbocycles. The van der Waals surface area contributed by atoms with Crippen LogP contribution in [0.25, 0.3) is 0 Å². The van der Waals surface area contributed by atoms with Crippen LogP contribution in [-0.2, 0) is 0 Å². The summed E-state index contributed by atoms with van der Waals surface area (Å²) < 4.78 is 13.7. The molecule has 0 unspecified atom stereocenters. The molecule has 2 rings (SSSR count). The first-order valence-corrected chi connectivity index (χ1v) is 6.43. The molecule has 0 radical (unpaired) electrons. The molecule has 17 heavy (non-hydrogen) atoms. The van der Waals surface area contributed by atoms with Gasteiger partial charge in [0.25, 0.3) is 0 Å². The summed E-state index contributed by atoms with van der Waals surface area (Å²) in [6.07, 6.45) is 4.51. The molecule has 0 amide bonds. The average Bonchev–Trinajstić information content (AvgIpc) is 2.74. The highest BCUT2D eigenvalue weighted by Crippen LogP contribution is 2.30. The number of halogens is 1. The molecule has 1 aliphatic rings. The van der Waals surface area contributed by atoms with E-state index >= 15 is 0 Å². The van der Waals surface area contributed by atoms with Gasteiger partial charge in [0.05, 0.1) is 5.69 Å². The third-order valence-electron chi connectivity index (χ3n) is 3.68. The van der Waals surface area contributed by atoms with Crippen LogP contribution in [0.5, 0.6) is 0 Å². The van der Waals surface area contributed by atoms with Crippen molar-refractivity contribution in [2.45, 2.75) is 38.1 Å². The third-order valence-corrected chi connectivity index (χ3v) is 3.68. The molecule has 2 N–H and O–H groups in total. The Balaban J connectivity index is 2.14. The number of hydrogen-bond donors (Lipinski definition) is 1. The van der Waals surface area contributed by atoms with E-state index in [0.29, 0.717) is 5.69 Å². The maximum atomic E-state index is 13.7. The minimum absolute atomic E-state index is 0.127. The predicted molar refractivity (Wildman–Crippen MR) is 69.7 cm³/mol. The number of nitrogens with two attached hydrogens (primary N) is 1. The first kappa shape index (κ1) is 12.4. The number of hydrogen-bond acceptors (Lipinski definition) is 2. The molecule has 2 nitrogen and oxygen atoms in total. The van der Waals surface area contributed by atoms with Gasteiger partial charge in [0.2, 0.25) is 0 Å². The van der Waals surface area contributed by atoms with Crippen molar-refractivity contribution in [2.75, 3.05) is 18.0 Å². The highest BCUT2D eigenvalue weighted by molar-refractivity contribution is 5.48. The van der Waals surface area contributed by atoms with Crippen LogP contribution in [-0.4, -0.2) is 18.6 Å². The Morgan fingerprint density at radius 2 is 1.94 bits per heavy atom. The van der Waals surface area contributed by atoms with Crippen LogP contribution in [0.1, 0.15) is 32.6 Å². The van der Waals surface area contributed by atoms with Crippen LogP contribution < -0.4 is 10.6 Å². The maximum Gasteiger partial charge on any atom is 0.146 e. The summed E-state index contributed by atoms with van der Waals surface area (Å²) in [5.41, 5.74) is 6.91. The molecular formula is C14H21FN2. The molecule has 0 bridgehead atoms. The molecule has 0 saturated heterocycles. The molecule has 0 aromatic heterocycles. The standard InChI is InChI=1S/C14H21FN2/c1-2-17(11-14(16)9-5-6-10-14)13-8-4-3-7-12(13)15/h3-4,7-8H,2,5-6,9-11,16H2,1H3. The SMILES string of the molecule is CCN(CC1(N)CCCC1)c1ccccc1F. The average molecular weight is 236 g/mol. The van der Waals surface area contributed by atoms with E-state index in [9.17, 15) is 4.39 Å². The second kappa shape index (κ2) is 5.05. The van der Waals surface area contributed by atoms with E-state index in [2.05, 4.69) is 4.90 Å². The van der Waals surface area contributed by atoms with E-state index in [1.54, 1.807) is 6.07 Å². The number of para-hydroxylation sites is 1. The Bertz CT molecular complexity index is 372. The summed E-state index contributed by atoms with van der Waals surface area (Å²) in [6.45, 7) is 3.59. The molecule has 94 valence electrons. The van der Waals surface area contributed by atoms with E-state index in [0.717, 1.165) is 25.9 Å². The van der Waals surface area contributed by atoms with Crippen LogP contribution in [0, 0.1) is 5.82 Å². The summed E-state index contributed by atoms with van der Waals surface area (Å²) in [4.78, 5) is 2.06. The van der Waals surface area contributed by atoms with Crippen molar-refractivity contribution >= 4 is 5.69 Å². The molecular weight excluding hydrogens is 215 g/mol. The van der Waals surface area contributed by atoms with E-state index in [1.807, 2.05) is 19.1 Å². The van der Waals surface area contributed by atoms with Crippen LogP contribution in [0.15, 0.2) is 24.3 Å². The molecule has 1 saturated carbocycles. The van der Waals surface area contributed by atoms with Crippen molar-refractivity contribution in [3.05, 3.63) is 30.1 Å². The monoisotopic (exact) mass is 236 g/mol. The molecule has 0 aliphatic heterocycles. The Kier molecular flexibility index (Phi) is 3.67. The fourth-order valence-corrected chi connectivity index (χ4v) is 2.69. The van der Waals surface area contributed by atoms with Crippen molar-refractivity contribution in [3.63, 3.8) is 0 Å². The molecule has 1 aromatic carbocycles. The van der Waals surface area contributed by atoms with Gasteiger partial charge in [-0.2, -0.15) is 0 Å². The highest BCUT2D eigenvalue weighted by Gasteiger charge is 2.31. The number of rotatable bonds is 4. The van der Waals surface area contributed by atoms with Crippen LogP contribution in [0.4, 0.5) is 10.1 Å². The summed E-state index contributed by atoms with van der Waals surface area (Å²) in [6, 6.07) is 6.94. The number of benzene rings is 1. The van der Waals surface area contributed by atoms with E-state index < -0.39 is 0 Å². The Hall–Kier alpha value is -1.09. The largest absolute Gasteiger partial charge is 0.368 e. The van der Waals surface area contributed by atoms with Gasteiger partial charge in [0.1, 0.15) is 5.82 Å². The zero-order chi connectivity index (χ0) is 12.3. The Morgan fingerprint density at radius 3 is 2.53 bits per heavy atom. The Labute approximate surface area is 103 Å². The van der Waals surface area contributed by atoms with Crippen molar-refractivity contribution in [1.82, 2.24) is 0 Å². The number of anilines is 1. The van der Waals surface area contributed by atoms with Crippen molar-refractivity contribution in [3.8, 4) is 0 Å². The zero-order valence-corrected chi connectivity index (χ0v) is 10.5. The van der Waals surface area contributed by atoms with E-state index in [1.165, 1.54) is 18.9 Å². The molecule has 0 atom stereocenters. The first-order chi connectivity index (χ1) is 8.14. The van der Waals surface area contributed by atoms with Crippen LogP contribution >= 0.6 is 0 Å². The predicted octanol–water partition coefficient (Wildman–Crippen LogP) is 2.92. The van der Waals surface area contributed by atoms with Gasteiger partial charge in [-0.1, -0.05) is 25.0 Å². The summed E-state index contributed by atoms with van der Waals surface area (Å²) in [7, 11) is 0. The van der Waals surface area contributed by atoms with E-state index in [-0.39, 0.29) is 11.4 Å². The van der Waals surface area contributed by atoms with Crippen molar-refractivity contribution in [2.24, 2.45) is 5.73 Å². The van der Waals surface area contributed by atoms with Gasteiger partial charge in [-0.3, -0.25) is 0 Å².